The van der Waals surface area contributed by atoms with Gasteiger partial charge in [0.2, 0.25) is 5.91 Å². The van der Waals surface area contributed by atoms with Crippen molar-refractivity contribution in [1.82, 2.24) is 10.2 Å². The molecule has 5 nitrogen and oxygen atoms in total. The van der Waals surface area contributed by atoms with Gasteiger partial charge in [0, 0.05) is 32.6 Å². The summed E-state index contributed by atoms with van der Waals surface area (Å²) < 4.78 is 11.2. The number of hydrogen-bond acceptors (Lipinski definition) is 4. The van der Waals surface area contributed by atoms with Crippen LogP contribution in [0.25, 0.3) is 0 Å². The highest BCUT2D eigenvalue weighted by molar-refractivity contribution is 5.73. The summed E-state index contributed by atoms with van der Waals surface area (Å²) in [6.07, 6.45) is 0.982. The summed E-state index contributed by atoms with van der Waals surface area (Å²) in [7, 11) is 1.64. The normalized spacial score (nSPS) is 20.2. The molecular weight excluding hydrogens is 316 g/mol. The zero-order chi connectivity index (χ0) is 18.4. The van der Waals surface area contributed by atoms with Gasteiger partial charge in [-0.1, -0.05) is 19.6 Å². The van der Waals surface area contributed by atoms with Gasteiger partial charge in [0.15, 0.2) is 11.5 Å². The molecule has 138 valence electrons. The Balaban J connectivity index is 1.95. The Morgan fingerprint density at radius 3 is 2.72 bits per heavy atom. The Kier molecular flexibility index (Phi) is 6.88. The number of rotatable bonds is 7. The van der Waals surface area contributed by atoms with Crippen LogP contribution in [0.1, 0.15) is 32.8 Å². The zero-order valence-corrected chi connectivity index (χ0v) is 15.8. The van der Waals surface area contributed by atoms with Crippen molar-refractivity contribution in [3.05, 3.63) is 35.9 Å². The Morgan fingerprint density at radius 2 is 2.12 bits per heavy atom. The third-order valence-corrected chi connectivity index (χ3v) is 4.62. The fourth-order valence-corrected chi connectivity index (χ4v) is 3.13. The summed E-state index contributed by atoms with van der Waals surface area (Å²) in [4.78, 5) is 13.4. The number of benzene rings is 1. The van der Waals surface area contributed by atoms with Gasteiger partial charge in [-0.05, 0) is 42.5 Å². The first-order valence-corrected chi connectivity index (χ1v) is 8.83. The summed E-state index contributed by atoms with van der Waals surface area (Å²) >= 11 is 0. The SMILES string of the molecule is C=C(C)COc1cc(CN[C@@H]2CCN(C(C)=O)C[C@@H]2C)ccc1OC. The highest BCUT2D eigenvalue weighted by Gasteiger charge is 2.26. The van der Waals surface area contributed by atoms with E-state index in [2.05, 4.69) is 24.9 Å². The molecule has 1 saturated heterocycles. The van der Waals surface area contributed by atoms with Gasteiger partial charge in [0.25, 0.3) is 0 Å². The van der Waals surface area contributed by atoms with Crippen molar-refractivity contribution in [2.75, 3.05) is 26.8 Å². The highest BCUT2D eigenvalue weighted by Crippen LogP contribution is 2.28. The Morgan fingerprint density at radius 1 is 1.36 bits per heavy atom. The zero-order valence-electron chi connectivity index (χ0n) is 15.8. The number of nitrogens with one attached hydrogen (secondary N) is 1. The Hall–Kier alpha value is -2.01. The summed E-state index contributed by atoms with van der Waals surface area (Å²) in [5.41, 5.74) is 2.12. The van der Waals surface area contributed by atoms with E-state index in [1.807, 2.05) is 24.0 Å². The summed E-state index contributed by atoms with van der Waals surface area (Å²) in [5, 5.41) is 3.62. The topological polar surface area (TPSA) is 50.8 Å². The summed E-state index contributed by atoms with van der Waals surface area (Å²) in [6, 6.07) is 6.42. The standard InChI is InChI=1S/C20H30N2O3/c1-14(2)13-25-20-10-17(6-7-19(20)24-5)11-21-18-8-9-22(16(4)23)12-15(18)3/h6-7,10,15,18,21H,1,8-9,11-13H2,2-5H3/t15-,18+/m0/s1. The van der Waals surface area contributed by atoms with Crippen LogP contribution in [0, 0.1) is 5.92 Å². The lowest BCUT2D eigenvalue weighted by molar-refractivity contribution is -0.130. The van der Waals surface area contributed by atoms with E-state index < -0.39 is 0 Å². The average Bonchev–Trinajstić information content (AvgIpc) is 2.58. The van der Waals surface area contributed by atoms with Crippen molar-refractivity contribution in [3.63, 3.8) is 0 Å². The lowest BCUT2D eigenvalue weighted by Crippen LogP contribution is -2.49. The molecule has 1 amide bonds. The molecule has 0 spiro atoms. The lowest BCUT2D eigenvalue weighted by Gasteiger charge is -2.37. The van der Waals surface area contributed by atoms with Crippen molar-refractivity contribution in [2.45, 2.75) is 39.8 Å². The average molecular weight is 346 g/mol. The maximum absolute atomic E-state index is 11.5. The molecule has 1 fully saturated rings. The lowest BCUT2D eigenvalue weighted by atomic mass is 9.93. The number of hydrogen-bond donors (Lipinski definition) is 1. The Labute approximate surface area is 151 Å². The van der Waals surface area contributed by atoms with Gasteiger partial charge < -0.3 is 19.7 Å². The maximum atomic E-state index is 11.5. The molecule has 1 aromatic carbocycles. The van der Waals surface area contributed by atoms with Gasteiger partial charge >= 0.3 is 0 Å². The first-order chi connectivity index (χ1) is 11.9. The molecule has 1 aliphatic rings. The van der Waals surface area contributed by atoms with Gasteiger partial charge in [0.05, 0.1) is 7.11 Å². The van der Waals surface area contributed by atoms with Crippen LogP contribution in [0.2, 0.25) is 0 Å². The van der Waals surface area contributed by atoms with E-state index in [-0.39, 0.29) is 5.91 Å². The van der Waals surface area contributed by atoms with Crippen molar-refractivity contribution in [2.24, 2.45) is 5.92 Å². The molecule has 0 unspecified atom stereocenters. The second kappa shape index (κ2) is 8.90. The predicted octanol–water partition coefficient (Wildman–Crippen LogP) is 3.00. The molecule has 0 aromatic heterocycles. The van der Waals surface area contributed by atoms with Gasteiger partial charge in [-0.2, -0.15) is 0 Å². The minimum atomic E-state index is 0.166. The highest BCUT2D eigenvalue weighted by atomic mass is 16.5. The van der Waals surface area contributed by atoms with Crippen LogP contribution in [-0.4, -0.2) is 43.7 Å². The fraction of sp³-hybridized carbons (Fsp3) is 0.550. The number of nitrogens with zero attached hydrogens (tertiary/aromatic N) is 1. The second-order valence-corrected chi connectivity index (χ2v) is 6.95. The van der Waals surface area contributed by atoms with E-state index in [0.717, 1.165) is 48.7 Å². The van der Waals surface area contributed by atoms with Crippen molar-refractivity contribution < 1.29 is 14.3 Å². The summed E-state index contributed by atoms with van der Waals surface area (Å²) in [5.74, 6) is 2.08. The van der Waals surface area contributed by atoms with E-state index in [1.165, 1.54) is 0 Å². The number of methoxy groups -OCH3 is 1. The molecule has 1 aliphatic heterocycles. The number of carbonyl (C=O) groups is 1. The third-order valence-electron chi connectivity index (χ3n) is 4.62. The van der Waals surface area contributed by atoms with Gasteiger partial charge in [-0.3, -0.25) is 4.79 Å². The first-order valence-electron chi connectivity index (χ1n) is 8.83. The predicted molar refractivity (Wildman–Crippen MR) is 100.0 cm³/mol. The Bertz CT molecular complexity index is 615. The van der Waals surface area contributed by atoms with Crippen molar-refractivity contribution in [1.29, 1.82) is 0 Å². The van der Waals surface area contributed by atoms with Crippen LogP contribution in [0.3, 0.4) is 0 Å². The molecule has 1 heterocycles. The number of amides is 1. The molecule has 1 N–H and O–H groups in total. The van der Waals surface area contributed by atoms with Crippen LogP contribution >= 0.6 is 0 Å². The molecule has 2 atom stereocenters. The minimum Gasteiger partial charge on any atom is -0.493 e. The molecular formula is C20H30N2O3. The van der Waals surface area contributed by atoms with Crippen LogP contribution in [0.15, 0.2) is 30.4 Å². The van der Waals surface area contributed by atoms with E-state index >= 15 is 0 Å². The molecule has 0 saturated carbocycles. The van der Waals surface area contributed by atoms with Crippen LogP contribution in [0.4, 0.5) is 0 Å². The fourth-order valence-electron chi connectivity index (χ4n) is 3.13. The quantitative estimate of drug-likeness (QED) is 0.771. The molecule has 1 aromatic rings. The number of ether oxygens (including phenoxy) is 2. The third kappa shape index (κ3) is 5.49. The van der Waals surface area contributed by atoms with Crippen molar-refractivity contribution >= 4 is 5.91 Å². The van der Waals surface area contributed by atoms with Crippen LogP contribution in [0.5, 0.6) is 11.5 Å². The van der Waals surface area contributed by atoms with Gasteiger partial charge in [-0.25, -0.2) is 0 Å². The molecule has 25 heavy (non-hydrogen) atoms. The molecule has 0 bridgehead atoms. The van der Waals surface area contributed by atoms with Gasteiger partial charge in [-0.15, -0.1) is 0 Å². The monoisotopic (exact) mass is 346 g/mol. The largest absolute Gasteiger partial charge is 0.493 e. The van der Waals surface area contributed by atoms with E-state index in [0.29, 0.717) is 18.6 Å². The number of carbonyl (C=O) groups excluding carboxylic acids is 1. The minimum absolute atomic E-state index is 0.166. The van der Waals surface area contributed by atoms with E-state index in [9.17, 15) is 4.79 Å². The second-order valence-electron chi connectivity index (χ2n) is 6.95. The molecule has 0 aliphatic carbocycles. The number of likely N-dealkylation sites (tertiary alicyclic amines) is 1. The van der Waals surface area contributed by atoms with Gasteiger partial charge in [0.1, 0.15) is 6.61 Å². The number of piperidine rings is 1. The van der Waals surface area contributed by atoms with Crippen molar-refractivity contribution in [3.8, 4) is 11.5 Å². The smallest absolute Gasteiger partial charge is 0.219 e. The van der Waals surface area contributed by atoms with E-state index in [4.69, 9.17) is 9.47 Å². The van der Waals surface area contributed by atoms with E-state index in [1.54, 1.807) is 14.0 Å². The van der Waals surface area contributed by atoms with Crippen LogP contribution in [-0.2, 0) is 11.3 Å². The maximum Gasteiger partial charge on any atom is 0.219 e. The van der Waals surface area contributed by atoms with Crippen LogP contribution < -0.4 is 14.8 Å². The molecule has 2 rings (SSSR count). The first kappa shape index (κ1) is 19.3. The molecule has 5 heteroatoms. The summed E-state index contributed by atoms with van der Waals surface area (Å²) in [6.45, 7) is 12.5. The molecule has 0 radical (unpaired) electrons.